The molecule has 1 aliphatic rings. The largest absolute Gasteiger partial charge is 0.491 e. The normalized spacial score (nSPS) is 16.8. The minimum absolute atomic E-state index is 0.0300. The van der Waals surface area contributed by atoms with Gasteiger partial charge in [-0.05, 0) is 30.0 Å². The second-order valence-corrected chi connectivity index (χ2v) is 4.17. The highest BCUT2D eigenvalue weighted by Crippen LogP contribution is 2.26. The number of hydrogen-bond donors (Lipinski definition) is 1. The van der Waals surface area contributed by atoms with Crippen molar-refractivity contribution in [2.45, 2.75) is 26.2 Å². The predicted molar refractivity (Wildman–Crippen MR) is 63.0 cm³/mol. The molecule has 1 amide bonds. The van der Waals surface area contributed by atoms with Gasteiger partial charge in [0.2, 0.25) is 0 Å². The quantitative estimate of drug-likeness (QED) is 0.829. The molecule has 1 heterocycles. The van der Waals surface area contributed by atoms with E-state index in [0.717, 1.165) is 6.42 Å². The van der Waals surface area contributed by atoms with E-state index in [0.29, 0.717) is 30.4 Å². The Kier molecular flexibility index (Phi) is 3.13. The third-order valence-corrected chi connectivity index (χ3v) is 3.07. The summed E-state index contributed by atoms with van der Waals surface area (Å²) in [5.74, 6) is 1.14. The minimum Gasteiger partial charge on any atom is -0.491 e. The molecule has 1 atom stereocenters. The van der Waals surface area contributed by atoms with Crippen LogP contribution in [0.25, 0.3) is 0 Å². The lowest BCUT2D eigenvalue weighted by Crippen LogP contribution is -2.24. The van der Waals surface area contributed by atoms with Gasteiger partial charge in [0.25, 0.3) is 5.91 Å². The number of ether oxygens (including phenoxy) is 1. The van der Waals surface area contributed by atoms with Crippen LogP contribution in [0.2, 0.25) is 0 Å². The first kappa shape index (κ1) is 11.0. The molecule has 0 fully saturated rings. The fourth-order valence-corrected chi connectivity index (χ4v) is 1.81. The van der Waals surface area contributed by atoms with Gasteiger partial charge in [-0.15, -0.1) is 0 Å². The standard InChI is InChI=1S/C13H17NO2/c1-3-9(2)10-4-5-12-11(8-10)13(15)14-6-7-16-12/h4-5,8-9H,3,6-7H2,1-2H3,(H,14,15). The fourth-order valence-electron chi connectivity index (χ4n) is 1.81. The van der Waals surface area contributed by atoms with E-state index in [1.54, 1.807) is 0 Å². The van der Waals surface area contributed by atoms with Crippen LogP contribution in [0.5, 0.6) is 5.75 Å². The Morgan fingerprint density at radius 1 is 1.50 bits per heavy atom. The lowest BCUT2D eigenvalue weighted by molar-refractivity contribution is 0.0957. The maximum Gasteiger partial charge on any atom is 0.255 e. The smallest absolute Gasteiger partial charge is 0.255 e. The van der Waals surface area contributed by atoms with Gasteiger partial charge in [0.1, 0.15) is 12.4 Å². The topological polar surface area (TPSA) is 38.3 Å². The third kappa shape index (κ3) is 2.03. The molecule has 0 saturated carbocycles. The fraction of sp³-hybridized carbons (Fsp3) is 0.462. The molecule has 0 aromatic heterocycles. The highest BCUT2D eigenvalue weighted by Gasteiger charge is 2.17. The first-order chi connectivity index (χ1) is 7.72. The SMILES string of the molecule is CCC(C)c1ccc2c(c1)C(=O)NCCO2. The van der Waals surface area contributed by atoms with Gasteiger partial charge in [0, 0.05) is 0 Å². The van der Waals surface area contributed by atoms with Gasteiger partial charge < -0.3 is 10.1 Å². The predicted octanol–water partition coefficient (Wildman–Crippen LogP) is 2.32. The lowest BCUT2D eigenvalue weighted by Gasteiger charge is -2.12. The van der Waals surface area contributed by atoms with E-state index in [2.05, 4.69) is 19.2 Å². The Morgan fingerprint density at radius 3 is 3.06 bits per heavy atom. The van der Waals surface area contributed by atoms with Crippen molar-refractivity contribution in [1.82, 2.24) is 5.32 Å². The molecule has 3 heteroatoms. The van der Waals surface area contributed by atoms with Gasteiger partial charge in [0.15, 0.2) is 0 Å². The summed E-state index contributed by atoms with van der Waals surface area (Å²) in [7, 11) is 0. The van der Waals surface area contributed by atoms with Gasteiger partial charge in [-0.2, -0.15) is 0 Å². The highest BCUT2D eigenvalue weighted by molar-refractivity contribution is 5.97. The van der Waals surface area contributed by atoms with Crippen molar-refractivity contribution < 1.29 is 9.53 Å². The van der Waals surface area contributed by atoms with Gasteiger partial charge in [-0.3, -0.25) is 4.79 Å². The Hall–Kier alpha value is -1.51. The summed E-state index contributed by atoms with van der Waals surface area (Å²) in [4.78, 5) is 11.8. The van der Waals surface area contributed by atoms with Crippen LogP contribution < -0.4 is 10.1 Å². The maximum absolute atomic E-state index is 11.8. The zero-order chi connectivity index (χ0) is 11.5. The molecule has 2 rings (SSSR count). The van der Waals surface area contributed by atoms with Crippen LogP contribution >= 0.6 is 0 Å². The van der Waals surface area contributed by atoms with Gasteiger partial charge in [0.05, 0.1) is 12.1 Å². The highest BCUT2D eigenvalue weighted by atomic mass is 16.5. The zero-order valence-corrected chi connectivity index (χ0v) is 9.75. The number of benzene rings is 1. The first-order valence-electron chi connectivity index (χ1n) is 5.77. The number of carbonyl (C=O) groups excluding carboxylic acids is 1. The summed E-state index contributed by atoms with van der Waals surface area (Å²) in [6.07, 6.45) is 1.07. The molecule has 16 heavy (non-hydrogen) atoms. The van der Waals surface area contributed by atoms with E-state index in [1.165, 1.54) is 5.56 Å². The van der Waals surface area contributed by atoms with E-state index in [9.17, 15) is 4.79 Å². The molecule has 86 valence electrons. The molecule has 0 bridgehead atoms. The summed E-state index contributed by atoms with van der Waals surface area (Å²) in [6.45, 7) is 5.43. The Labute approximate surface area is 95.8 Å². The molecule has 1 N–H and O–H groups in total. The van der Waals surface area contributed by atoms with Crippen molar-refractivity contribution >= 4 is 5.91 Å². The molecule has 1 aromatic carbocycles. The molecule has 1 unspecified atom stereocenters. The summed E-state index contributed by atoms with van der Waals surface area (Å²) in [5, 5.41) is 2.82. The van der Waals surface area contributed by atoms with Crippen molar-refractivity contribution in [2.24, 2.45) is 0 Å². The van der Waals surface area contributed by atoms with Crippen molar-refractivity contribution in [1.29, 1.82) is 0 Å². The molecule has 0 spiro atoms. The number of rotatable bonds is 2. The Bertz CT molecular complexity index is 401. The number of nitrogens with one attached hydrogen (secondary N) is 1. The molecule has 1 aliphatic heterocycles. The second kappa shape index (κ2) is 4.56. The van der Waals surface area contributed by atoms with Crippen LogP contribution in [0.15, 0.2) is 18.2 Å². The first-order valence-corrected chi connectivity index (χ1v) is 5.77. The van der Waals surface area contributed by atoms with Crippen LogP contribution in [0.4, 0.5) is 0 Å². The Balaban J connectivity index is 2.39. The lowest BCUT2D eigenvalue weighted by atomic mass is 9.96. The number of fused-ring (bicyclic) bond motifs is 1. The zero-order valence-electron chi connectivity index (χ0n) is 9.75. The monoisotopic (exact) mass is 219 g/mol. The van der Waals surface area contributed by atoms with E-state index in [1.807, 2.05) is 18.2 Å². The summed E-state index contributed by atoms with van der Waals surface area (Å²) in [5.41, 5.74) is 1.86. The molecular formula is C13H17NO2. The van der Waals surface area contributed by atoms with Crippen LogP contribution in [-0.2, 0) is 0 Å². The molecule has 0 aliphatic carbocycles. The average Bonchev–Trinajstić information content (AvgIpc) is 2.50. The van der Waals surface area contributed by atoms with Crippen LogP contribution in [-0.4, -0.2) is 19.1 Å². The Morgan fingerprint density at radius 2 is 2.31 bits per heavy atom. The van der Waals surface area contributed by atoms with Gasteiger partial charge >= 0.3 is 0 Å². The number of amides is 1. The third-order valence-electron chi connectivity index (χ3n) is 3.07. The van der Waals surface area contributed by atoms with Gasteiger partial charge in [-0.25, -0.2) is 0 Å². The maximum atomic E-state index is 11.8. The van der Waals surface area contributed by atoms with Crippen LogP contribution in [0.1, 0.15) is 42.1 Å². The molecule has 0 saturated heterocycles. The van der Waals surface area contributed by atoms with Gasteiger partial charge in [-0.1, -0.05) is 19.9 Å². The summed E-state index contributed by atoms with van der Waals surface area (Å²) in [6, 6.07) is 5.90. The van der Waals surface area contributed by atoms with Crippen molar-refractivity contribution in [3.63, 3.8) is 0 Å². The average molecular weight is 219 g/mol. The van der Waals surface area contributed by atoms with Crippen molar-refractivity contribution in [3.8, 4) is 5.75 Å². The van der Waals surface area contributed by atoms with Crippen LogP contribution in [0, 0.1) is 0 Å². The summed E-state index contributed by atoms with van der Waals surface area (Å²) >= 11 is 0. The molecular weight excluding hydrogens is 202 g/mol. The van der Waals surface area contributed by atoms with Crippen molar-refractivity contribution in [2.75, 3.05) is 13.2 Å². The van der Waals surface area contributed by atoms with E-state index < -0.39 is 0 Å². The molecule has 1 aromatic rings. The van der Waals surface area contributed by atoms with Crippen molar-refractivity contribution in [3.05, 3.63) is 29.3 Å². The number of carbonyl (C=O) groups is 1. The van der Waals surface area contributed by atoms with E-state index in [4.69, 9.17) is 4.74 Å². The molecule has 3 nitrogen and oxygen atoms in total. The van der Waals surface area contributed by atoms with E-state index >= 15 is 0 Å². The van der Waals surface area contributed by atoms with E-state index in [-0.39, 0.29) is 5.91 Å². The number of hydrogen-bond acceptors (Lipinski definition) is 2. The summed E-state index contributed by atoms with van der Waals surface area (Å²) < 4.78 is 5.50. The second-order valence-electron chi connectivity index (χ2n) is 4.17. The van der Waals surface area contributed by atoms with Crippen LogP contribution in [0.3, 0.4) is 0 Å². The molecule has 0 radical (unpaired) electrons. The minimum atomic E-state index is -0.0300.